The minimum Gasteiger partial charge on any atom is -0.481 e. The average Bonchev–Trinajstić information content (AvgIpc) is 2.17. The van der Waals surface area contributed by atoms with Crippen molar-refractivity contribution in [3.63, 3.8) is 0 Å². The van der Waals surface area contributed by atoms with Crippen molar-refractivity contribution in [1.29, 1.82) is 0 Å². The largest absolute Gasteiger partial charge is 0.481 e. The van der Waals surface area contributed by atoms with Gasteiger partial charge < -0.3 is 9.84 Å². The third kappa shape index (κ3) is 3.14. The van der Waals surface area contributed by atoms with Crippen molar-refractivity contribution in [3.05, 3.63) is 32.4 Å². The van der Waals surface area contributed by atoms with E-state index in [1.807, 2.05) is 0 Å². The van der Waals surface area contributed by atoms with Gasteiger partial charge in [-0.2, -0.15) is 0 Å². The van der Waals surface area contributed by atoms with E-state index >= 15 is 0 Å². The van der Waals surface area contributed by atoms with Gasteiger partial charge in [-0.25, -0.2) is 4.98 Å². The molecular weight excluding hydrogens is 268 g/mol. The van der Waals surface area contributed by atoms with Gasteiger partial charge in [-0.1, -0.05) is 0 Å². The predicted molar refractivity (Wildman–Crippen MR) is 55.3 cm³/mol. The molecular formula is C8H9BrN2O4. The maximum Gasteiger partial charge on any atom is 0.233 e. The summed E-state index contributed by atoms with van der Waals surface area (Å²) in [5, 5.41) is 19.8. The summed E-state index contributed by atoms with van der Waals surface area (Å²) >= 11 is 3.15. The van der Waals surface area contributed by atoms with Gasteiger partial charge in [0.1, 0.15) is 6.10 Å². The number of aliphatic hydroxyl groups excluding tert-OH is 1. The van der Waals surface area contributed by atoms with Crippen molar-refractivity contribution in [1.82, 2.24) is 4.98 Å². The van der Waals surface area contributed by atoms with Gasteiger partial charge >= 0.3 is 0 Å². The number of nitrogens with zero attached hydrogens (tertiary/aromatic N) is 2. The number of pyridine rings is 1. The zero-order valence-corrected chi connectivity index (χ0v) is 9.47. The zero-order valence-electron chi connectivity index (χ0n) is 7.88. The summed E-state index contributed by atoms with van der Waals surface area (Å²) in [6.45, 7) is -0.550. The third-order valence-corrected chi connectivity index (χ3v) is 2.41. The highest BCUT2D eigenvalue weighted by Gasteiger charge is 2.18. The van der Waals surface area contributed by atoms with Crippen LogP contribution in [-0.2, 0) is 0 Å². The fourth-order valence-electron chi connectivity index (χ4n) is 1.04. The Morgan fingerprint density at radius 3 is 3.00 bits per heavy atom. The van der Waals surface area contributed by atoms with Crippen LogP contribution < -0.4 is 4.74 Å². The molecule has 6 nitrogen and oxygen atoms in total. The van der Waals surface area contributed by atoms with E-state index in [9.17, 15) is 15.2 Å². The molecule has 0 spiro atoms. The molecule has 0 saturated carbocycles. The summed E-state index contributed by atoms with van der Waals surface area (Å²) in [5.41, 5.74) is 0.388. The summed E-state index contributed by atoms with van der Waals surface area (Å²) in [7, 11) is 1.43. The van der Waals surface area contributed by atoms with E-state index in [0.717, 1.165) is 0 Å². The molecule has 1 aromatic rings. The van der Waals surface area contributed by atoms with Crippen LogP contribution in [0.2, 0.25) is 0 Å². The maximum absolute atomic E-state index is 10.2. The molecule has 0 bridgehead atoms. The monoisotopic (exact) mass is 276 g/mol. The van der Waals surface area contributed by atoms with Gasteiger partial charge in [0.2, 0.25) is 12.4 Å². The van der Waals surface area contributed by atoms with E-state index in [1.165, 1.54) is 19.4 Å². The molecule has 1 rings (SSSR count). The van der Waals surface area contributed by atoms with Crippen LogP contribution in [0.15, 0.2) is 16.7 Å². The molecule has 1 unspecified atom stereocenters. The van der Waals surface area contributed by atoms with Gasteiger partial charge in [-0.3, -0.25) is 10.1 Å². The molecule has 0 fully saturated rings. The first-order chi connectivity index (χ1) is 7.04. The first kappa shape index (κ1) is 11.9. The highest BCUT2D eigenvalue weighted by atomic mass is 79.9. The van der Waals surface area contributed by atoms with E-state index in [4.69, 9.17) is 4.74 Å². The number of hydrogen-bond donors (Lipinski definition) is 1. The number of methoxy groups -OCH3 is 1. The Labute approximate surface area is 94.2 Å². The van der Waals surface area contributed by atoms with E-state index in [0.29, 0.717) is 15.9 Å². The van der Waals surface area contributed by atoms with Gasteiger partial charge in [0.15, 0.2) is 0 Å². The Kier molecular flexibility index (Phi) is 3.98. The second kappa shape index (κ2) is 5.04. The summed E-state index contributed by atoms with van der Waals surface area (Å²) in [5.74, 6) is 0.301. The fourth-order valence-corrected chi connectivity index (χ4v) is 1.52. The number of hydrogen-bond acceptors (Lipinski definition) is 5. The van der Waals surface area contributed by atoms with E-state index in [2.05, 4.69) is 20.9 Å². The van der Waals surface area contributed by atoms with Gasteiger partial charge in [-0.15, -0.1) is 0 Å². The molecule has 0 amide bonds. The van der Waals surface area contributed by atoms with Crippen molar-refractivity contribution < 1.29 is 14.8 Å². The number of nitro groups is 1. The highest BCUT2D eigenvalue weighted by molar-refractivity contribution is 9.10. The van der Waals surface area contributed by atoms with E-state index in [-0.39, 0.29) is 0 Å². The molecule has 82 valence electrons. The van der Waals surface area contributed by atoms with Crippen molar-refractivity contribution in [2.75, 3.05) is 13.7 Å². The quantitative estimate of drug-likeness (QED) is 0.659. The van der Waals surface area contributed by atoms with Gasteiger partial charge in [0, 0.05) is 27.2 Å². The topological polar surface area (TPSA) is 85.5 Å². The SMILES string of the molecule is COc1cc(C(O)C[N+](=O)[O-])c(Br)cn1. The lowest BCUT2D eigenvalue weighted by molar-refractivity contribution is -0.491. The molecule has 1 atom stereocenters. The number of ether oxygens (including phenoxy) is 1. The average molecular weight is 277 g/mol. The first-order valence-corrected chi connectivity index (χ1v) is 4.83. The number of rotatable bonds is 4. The summed E-state index contributed by atoms with van der Waals surface area (Å²) in [6, 6.07) is 1.46. The van der Waals surface area contributed by atoms with Crippen molar-refractivity contribution in [2.45, 2.75) is 6.10 Å². The molecule has 0 aromatic carbocycles. The molecule has 0 aliphatic heterocycles. The lowest BCUT2D eigenvalue weighted by atomic mass is 10.1. The molecule has 1 heterocycles. The lowest BCUT2D eigenvalue weighted by Gasteiger charge is -2.09. The zero-order chi connectivity index (χ0) is 11.4. The Morgan fingerprint density at radius 1 is 1.80 bits per heavy atom. The second-order valence-electron chi connectivity index (χ2n) is 2.78. The van der Waals surface area contributed by atoms with Crippen LogP contribution in [0.5, 0.6) is 5.88 Å². The molecule has 0 aliphatic rings. The smallest absolute Gasteiger partial charge is 0.233 e. The summed E-state index contributed by atoms with van der Waals surface area (Å²) in [4.78, 5) is 13.5. The van der Waals surface area contributed by atoms with Gasteiger partial charge in [0.25, 0.3) is 0 Å². The van der Waals surface area contributed by atoms with Gasteiger partial charge in [-0.05, 0) is 15.9 Å². The summed E-state index contributed by atoms with van der Waals surface area (Å²) in [6.07, 6.45) is 0.253. The van der Waals surface area contributed by atoms with Crippen LogP contribution in [-0.4, -0.2) is 28.7 Å². The van der Waals surface area contributed by atoms with Crippen LogP contribution in [0.1, 0.15) is 11.7 Å². The van der Waals surface area contributed by atoms with Crippen LogP contribution >= 0.6 is 15.9 Å². The van der Waals surface area contributed by atoms with Crippen molar-refractivity contribution in [2.24, 2.45) is 0 Å². The molecule has 15 heavy (non-hydrogen) atoms. The lowest BCUT2D eigenvalue weighted by Crippen LogP contribution is -2.12. The maximum atomic E-state index is 10.2. The highest BCUT2D eigenvalue weighted by Crippen LogP contribution is 2.25. The molecule has 7 heteroatoms. The van der Waals surface area contributed by atoms with E-state index in [1.54, 1.807) is 0 Å². The van der Waals surface area contributed by atoms with Gasteiger partial charge in [0.05, 0.1) is 7.11 Å². The molecule has 1 N–H and O–H groups in total. The molecule has 0 aliphatic carbocycles. The summed E-state index contributed by atoms with van der Waals surface area (Å²) < 4.78 is 5.36. The first-order valence-electron chi connectivity index (χ1n) is 4.04. The number of aromatic nitrogens is 1. The standard InChI is InChI=1S/C8H9BrN2O4/c1-15-8-2-5(6(9)3-10-8)7(12)4-11(13)14/h2-3,7,12H,4H2,1H3. The molecule has 0 radical (unpaired) electrons. The fraction of sp³-hybridized carbons (Fsp3) is 0.375. The Hall–Kier alpha value is -1.21. The second-order valence-corrected chi connectivity index (χ2v) is 3.63. The predicted octanol–water partition coefficient (Wildman–Crippen LogP) is 1.16. The third-order valence-electron chi connectivity index (χ3n) is 1.75. The molecule has 0 saturated heterocycles. The molecule has 1 aromatic heterocycles. The minimum atomic E-state index is -1.17. The van der Waals surface area contributed by atoms with Crippen LogP contribution in [0, 0.1) is 10.1 Å². The Morgan fingerprint density at radius 2 is 2.47 bits per heavy atom. The van der Waals surface area contributed by atoms with Crippen molar-refractivity contribution in [3.8, 4) is 5.88 Å². The van der Waals surface area contributed by atoms with Crippen LogP contribution in [0.25, 0.3) is 0 Å². The Balaban J connectivity index is 2.95. The number of aliphatic hydroxyl groups is 1. The minimum absolute atomic E-state index is 0.301. The normalized spacial score (nSPS) is 12.2. The van der Waals surface area contributed by atoms with Crippen LogP contribution in [0.3, 0.4) is 0 Å². The van der Waals surface area contributed by atoms with Crippen LogP contribution in [0.4, 0.5) is 0 Å². The van der Waals surface area contributed by atoms with E-state index < -0.39 is 17.6 Å². The Bertz CT molecular complexity index is 372. The van der Waals surface area contributed by atoms with Crippen molar-refractivity contribution >= 4 is 15.9 Å². The number of halogens is 1.